The van der Waals surface area contributed by atoms with Crippen LogP contribution in [0.2, 0.25) is 0 Å². The van der Waals surface area contributed by atoms with Gasteiger partial charge in [-0.25, -0.2) is 14.8 Å². The Hall–Kier alpha value is -2.77. The first-order chi connectivity index (χ1) is 11.6. The summed E-state index contributed by atoms with van der Waals surface area (Å²) in [7, 11) is 1.59. The third-order valence-electron chi connectivity index (χ3n) is 4.05. The van der Waals surface area contributed by atoms with Crippen LogP contribution in [0.3, 0.4) is 0 Å². The van der Waals surface area contributed by atoms with Crippen molar-refractivity contribution in [2.75, 3.05) is 44.8 Å². The van der Waals surface area contributed by atoms with E-state index in [4.69, 9.17) is 14.6 Å². The Balaban J connectivity index is 1.96. The van der Waals surface area contributed by atoms with Gasteiger partial charge in [-0.2, -0.15) is 0 Å². The number of anilines is 1. The zero-order chi connectivity index (χ0) is 17.1. The molecule has 1 aliphatic rings. The van der Waals surface area contributed by atoms with E-state index in [9.17, 15) is 4.79 Å². The van der Waals surface area contributed by atoms with Gasteiger partial charge in [-0.05, 0) is 13.0 Å². The molecule has 1 saturated heterocycles. The first kappa shape index (κ1) is 16.1. The third-order valence-corrected chi connectivity index (χ3v) is 4.05. The maximum atomic E-state index is 11.0. The Labute approximate surface area is 139 Å². The predicted octanol–water partition coefficient (Wildman–Crippen LogP) is 1.84. The molecule has 2 aromatic rings. The van der Waals surface area contributed by atoms with E-state index >= 15 is 0 Å². The van der Waals surface area contributed by atoms with Crippen molar-refractivity contribution in [1.82, 2.24) is 14.9 Å². The number of carboxylic acid groups (broad SMARTS) is 1. The first-order valence-corrected chi connectivity index (χ1v) is 7.82. The maximum absolute atomic E-state index is 11.0. The number of hydrogen-bond acceptors (Lipinski definition) is 6. The van der Waals surface area contributed by atoms with Crippen LogP contribution in [0.25, 0.3) is 10.9 Å². The SMILES string of the molecule is CCOc1cc2c(N3CCN(C(=O)O)CC3)ncnc2cc1OC. The van der Waals surface area contributed by atoms with E-state index < -0.39 is 6.09 Å². The summed E-state index contributed by atoms with van der Waals surface area (Å²) in [5.74, 6) is 2.06. The van der Waals surface area contributed by atoms with Crippen LogP contribution < -0.4 is 14.4 Å². The van der Waals surface area contributed by atoms with Gasteiger partial charge in [0.1, 0.15) is 12.1 Å². The molecule has 0 radical (unpaired) electrons. The van der Waals surface area contributed by atoms with Gasteiger partial charge in [-0.15, -0.1) is 0 Å². The van der Waals surface area contributed by atoms with E-state index in [1.165, 1.54) is 11.2 Å². The van der Waals surface area contributed by atoms with Gasteiger partial charge in [-0.1, -0.05) is 0 Å². The number of ether oxygens (including phenoxy) is 2. The summed E-state index contributed by atoms with van der Waals surface area (Å²) in [5, 5.41) is 9.94. The van der Waals surface area contributed by atoms with Gasteiger partial charge in [-0.3, -0.25) is 0 Å². The molecule has 0 aliphatic carbocycles. The molecule has 0 atom stereocenters. The van der Waals surface area contributed by atoms with Crippen molar-refractivity contribution in [3.05, 3.63) is 18.5 Å². The fourth-order valence-electron chi connectivity index (χ4n) is 2.84. The first-order valence-electron chi connectivity index (χ1n) is 7.82. The molecule has 8 nitrogen and oxygen atoms in total. The lowest BCUT2D eigenvalue weighted by Gasteiger charge is -2.34. The fraction of sp³-hybridized carbons (Fsp3) is 0.438. The average Bonchev–Trinajstić information content (AvgIpc) is 2.61. The van der Waals surface area contributed by atoms with E-state index in [2.05, 4.69) is 14.9 Å². The van der Waals surface area contributed by atoms with E-state index in [0.717, 1.165) is 16.7 Å². The van der Waals surface area contributed by atoms with Crippen LogP contribution in [0.1, 0.15) is 6.92 Å². The summed E-state index contributed by atoms with van der Waals surface area (Å²) in [6, 6.07) is 3.72. The smallest absolute Gasteiger partial charge is 0.407 e. The standard InChI is InChI=1S/C16H20N4O4/c1-3-24-14-8-11-12(9-13(14)23-2)17-10-18-15(11)19-4-6-20(7-5-19)16(21)22/h8-10H,3-7H2,1-2H3,(H,21,22). The van der Waals surface area contributed by atoms with E-state index in [0.29, 0.717) is 44.3 Å². The maximum Gasteiger partial charge on any atom is 0.407 e. The second kappa shape index (κ2) is 6.77. The highest BCUT2D eigenvalue weighted by Crippen LogP contribution is 2.35. The molecular weight excluding hydrogens is 312 g/mol. The Kier molecular flexibility index (Phi) is 4.54. The minimum atomic E-state index is -0.884. The molecule has 1 amide bonds. The third kappa shape index (κ3) is 2.99. The second-order valence-electron chi connectivity index (χ2n) is 5.41. The molecule has 2 heterocycles. The molecule has 24 heavy (non-hydrogen) atoms. The number of carbonyl (C=O) groups is 1. The lowest BCUT2D eigenvalue weighted by Crippen LogP contribution is -2.48. The van der Waals surface area contributed by atoms with Crippen LogP contribution in [0.5, 0.6) is 11.5 Å². The number of aromatic nitrogens is 2. The molecule has 0 spiro atoms. The van der Waals surface area contributed by atoms with Gasteiger partial charge in [0.15, 0.2) is 11.5 Å². The molecule has 128 valence electrons. The van der Waals surface area contributed by atoms with Gasteiger partial charge in [0.25, 0.3) is 0 Å². The topological polar surface area (TPSA) is 88.0 Å². The van der Waals surface area contributed by atoms with E-state index in [1.807, 2.05) is 19.1 Å². The Morgan fingerprint density at radius 2 is 1.96 bits per heavy atom. The summed E-state index contributed by atoms with van der Waals surface area (Å²) < 4.78 is 11.0. The van der Waals surface area contributed by atoms with Crippen LogP contribution in [0, 0.1) is 0 Å². The fourth-order valence-corrected chi connectivity index (χ4v) is 2.84. The molecule has 0 saturated carbocycles. The van der Waals surface area contributed by atoms with E-state index in [-0.39, 0.29) is 0 Å². The molecule has 8 heteroatoms. The van der Waals surface area contributed by atoms with Gasteiger partial charge in [0, 0.05) is 37.6 Å². The number of nitrogens with zero attached hydrogens (tertiary/aromatic N) is 4. The minimum Gasteiger partial charge on any atom is -0.493 e. The summed E-state index contributed by atoms with van der Waals surface area (Å²) >= 11 is 0. The highest BCUT2D eigenvalue weighted by Gasteiger charge is 2.23. The molecule has 1 aromatic heterocycles. The van der Waals surface area contributed by atoms with Crippen molar-refractivity contribution in [2.24, 2.45) is 0 Å². The number of methoxy groups -OCH3 is 1. The molecule has 1 aromatic carbocycles. The predicted molar refractivity (Wildman–Crippen MR) is 89.1 cm³/mol. The Bertz CT molecular complexity index is 744. The summed E-state index contributed by atoms with van der Waals surface area (Å²) in [5.41, 5.74) is 0.765. The van der Waals surface area contributed by atoms with Gasteiger partial charge in [0.2, 0.25) is 0 Å². The van der Waals surface area contributed by atoms with Crippen molar-refractivity contribution < 1.29 is 19.4 Å². The second-order valence-corrected chi connectivity index (χ2v) is 5.41. The van der Waals surface area contributed by atoms with Gasteiger partial charge >= 0.3 is 6.09 Å². The molecule has 0 unspecified atom stereocenters. The molecule has 1 aliphatic heterocycles. The van der Waals surface area contributed by atoms with Crippen molar-refractivity contribution in [3.8, 4) is 11.5 Å². The van der Waals surface area contributed by atoms with Crippen LogP contribution >= 0.6 is 0 Å². The van der Waals surface area contributed by atoms with Crippen molar-refractivity contribution in [3.63, 3.8) is 0 Å². The Morgan fingerprint density at radius 1 is 1.21 bits per heavy atom. The number of piperazine rings is 1. The highest BCUT2D eigenvalue weighted by molar-refractivity contribution is 5.92. The van der Waals surface area contributed by atoms with Gasteiger partial charge in [0.05, 0.1) is 19.2 Å². The quantitative estimate of drug-likeness (QED) is 0.914. The summed E-state index contributed by atoms with van der Waals surface area (Å²) in [4.78, 5) is 23.3. The van der Waals surface area contributed by atoms with Crippen LogP contribution in [-0.4, -0.2) is 66.0 Å². The lowest BCUT2D eigenvalue weighted by atomic mass is 10.2. The number of benzene rings is 1. The zero-order valence-corrected chi connectivity index (χ0v) is 13.7. The van der Waals surface area contributed by atoms with Crippen molar-refractivity contribution in [2.45, 2.75) is 6.92 Å². The average molecular weight is 332 g/mol. The Morgan fingerprint density at radius 3 is 2.58 bits per heavy atom. The molecule has 3 rings (SSSR count). The number of fused-ring (bicyclic) bond motifs is 1. The minimum absolute atomic E-state index is 0.454. The van der Waals surface area contributed by atoms with Crippen LogP contribution in [-0.2, 0) is 0 Å². The van der Waals surface area contributed by atoms with Crippen LogP contribution in [0.4, 0.5) is 10.6 Å². The van der Waals surface area contributed by atoms with E-state index in [1.54, 1.807) is 7.11 Å². The highest BCUT2D eigenvalue weighted by atomic mass is 16.5. The largest absolute Gasteiger partial charge is 0.493 e. The number of hydrogen-bond donors (Lipinski definition) is 1. The molecule has 0 bridgehead atoms. The molecule has 1 fully saturated rings. The van der Waals surface area contributed by atoms with Gasteiger partial charge < -0.3 is 24.4 Å². The molecule has 1 N–H and O–H groups in total. The summed E-state index contributed by atoms with van der Waals surface area (Å²) in [6.07, 6.45) is 0.631. The van der Waals surface area contributed by atoms with Crippen LogP contribution in [0.15, 0.2) is 18.5 Å². The number of rotatable bonds is 4. The monoisotopic (exact) mass is 332 g/mol. The normalized spacial score (nSPS) is 14.8. The van der Waals surface area contributed by atoms with Crippen molar-refractivity contribution >= 4 is 22.8 Å². The lowest BCUT2D eigenvalue weighted by molar-refractivity contribution is 0.142. The van der Waals surface area contributed by atoms with Crippen molar-refractivity contribution in [1.29, 1.82) is 0 Å². The molecular formula is C16H20N4O4. The number of amides is 1. The summed E-state index contributed by atoms with van der Waals surface area (Å²) in [6.45, 7) is 4.53. The zero-order valence-electron chi connectivity index (χ0n) is 13.7.